The lowest BCUT2D eigenvalue weighted by Gasteiger charge is -2.02. The summed E-state index contributed by atoms with van der Waals surface area (Å²) in [4.78, 5) is 24.3. The van der Waals surface area contributed by atoms with Gasteiger partial charge >= 0.3 is 0 Å². The molecule has 0 aliphatic rings. The molecule has 0 aliphatic heterocycles. The molecule has 0 radical (unpaired) electrons. The van der Waals surface area contributed by atoms with E-state index in [1.165, 1.54) is 9.56 Å². The lowest BCUT2D eigenvalue weighted by molar-refractivity contribution is -0.121. The molecule has 21 heavy (non-hydrogen) atoms. The Morgan fingerprint density at radius 2 is 2.24 bits per heavy atom. The van der Waals surface area contributed by atoms with Gasteiger partial charge in [-0.3, -0.25) is 14.3 Å². The summed E-state index contributed by atoms with van der Waals surface area (Å²) >= 11 is 1.71. The molecule has 0 fully saturated rings. The van der Waals surface area contributed by atoms with Crippen molar-refractivity contribution in [2.45, 2.75) is 25.8 Å². The van der Waals surface area contributed by atoms with Crippen LogP contribution in [0.4, 0.5) is 5.69 Å². The Kier molecular flexibility index (Phi) is 5.51. The van der Waals surface area contributed by atoms with Gasteiger partial charge in [-0.15, -0.1) is 11.3 Å². The van der Waals surface area contributed by atoms with Crippen LogP contribution in [0.15, 0.2) is 29.9 Å². The molecule has 0 spiro atoms. The minimum Gasteiger partial charge on any atom is -0.358 e. The topological polar surface area (TPSA) is 76.0 Å². The molecule has 2 aromatic rings. The van der Waals surface area contributed by atoms with Gasteiger partial charge in [0, 0.05) is 24.5 Å². The largest absolute Gasteiger partial charge is 0.358 e. The van der Waals surface area contributed by atoms with Gasteiger partial charge in [0.15, 0.2) is 0 Å². The third kappa shape index (κ3) is 5.03. The number of amides is 2. The lowest BCUT2D eigenvalue weighted by atomic mass is 10.2. The van der Waals surface area contributed by atoms with Crippen LogP contribution in [0, 0.1) is 0 Å². The summed E-state index contributed by atoms with van der Waals surface area (Å²) in [6.07, 6.45) is 5.39. The van der Waals surface area contributed by atoms with Crippen LogP contribution >= 0.6 is 11.3 Å². The van der Waals surface area contributed by atoms with E-state index in [4.69, 9.17) is 0 Å². The molecule has 0 unspecified atom stereocenters. The lowest BCUT2D eigenvalue weighted by Crippen LogP contribution is -2.23. The number of rotatable bonds is 7. The molecule has 2 aromatic heterocycles. The number of carbonyl (C=O) groups is 2. The average Bonchev–Trinajstić information content (AvgIpc) is 3.11. The molecule has 0 saturated carbocycles. The van der Waals surface area contributed by atoms with Crippen LogP contribution in [0.5, 0.6) is 0 Å². The number of likely N-dealkylation sites (N-methyl/N-ethyl adjacent to an activating group) is 1. The second-order valence-corrected chi connectivity index (χ2v) is 5.61. The van der Waals surface area contributed by atoms with Crippen LogP contribution in [0.1, 0.15) is 17.7 Å². The number of aryl methyl sites for hydroxylation is 1. The predicted molar refractivity (Wildman–Crippen MR) is 82.2 cm³/mol. The van der Waals surface area contributed by atoms with E-state index in [-0.39, 0.29) is 18.4 Å². The van der Waals surface area contributed by atoms with Crippen molar-refractivity contribution in [2.24, 2.45) is 0 Å². The van der Waals surface area contributed by atoms with E-state index >= 15 is 0 Å². The molecular weight excluding hydrogens is 288 g/mol. The molecule has 2 amide bonds. The molecule has 0 bridgehead atoms. The average molecular weight is 306 g/mol. The molecule has 2 heterocycles. The normalized spacial score (nSPS) is 10.3. The van der Waals surface area contributed by atoms with Crippen molar-refractivity contribution in [1.82, 2.24) is 15.1 Å². The van der Waals surface area contributed by atoms with Gasteiger partial charge in [0.2, 0.25) is 11.8 Å². The molecule has 0 atom stereocenters. The van der Waals surface area contributed by atoms with Crippen molar-refractivity contribution < 1.29 is 9.59 Å². The number of anilines is 1. The Morgan fingerprint density at radius 1 is 1.38 bits per heavy atom. The quantitative estimate of drug-likeness (QED) is 0.816. The summed E-state index contributed by atoms with van der Waals surface area (Å²) in [5.41, 5.74) is 0.611. The highest BCUT2D eigenvalue weighted by atomic mass is 32.1. The smallest absolute Gasteiger partial charge is 0.241 e. The Balaban J connectivity index is 1.73. The number of hydrogen-bond acceptors (Lipinski definition) is 4. The van der Waals surface area contributed by atoms with E-state index in [1.54, 1.807) is 30.8 Å². The van der Waals surface area contributed by atoms with Gasteiger partial charge < -0.3 is 10.6 Å². The van der Waals surface area contributed by atoms with Gasteiger partial charge in [-0.2, -0.15) is 5.10 Å². The van der Waals surface area contributed by atoms with E-state index in [0.29, 0.717) is 12.1 Å². The zero-order chi connectivity index (χ0) is 15.1. The van der Waals surface area contributed by atoms with Gasteiger partial charge in [-0.1, -0.05) is 6.07 Å². The van der Waals surface area contributed by atoms with E-state index < -0.39 is 0 Å². The fourth-order valence-corrected chi connectivity index (χ4v) is 2.59. The summed E-state index contributed by atoms with van der Waals surface area (Å²) in [5.74, 6) is -0.169. The molecule has 0 aliphatic carbocycles. The van der Waals surface area contributed by atoms with Gasteiger partial charge in [0.25, 0.3) is 0 Å². The molecule has 7 heteroatoms. The molecule has 6 nitrogen and oxygen atoms in total. The van der Waals surface area contributed by atoms with Crippen LogP contribution in [0.2, 0.25) is 0 Å². The summed E-state index contributed by atoms with van der Waals surface area (Å²) in [6.45, 7) is 0.144. The molecule has 0 saturated heterocycles. The summed E-state index contributed by atoms with van der Waals surface area (Å²) in [5, 5.41) is 11.4. The van der Waals surface area contributed by atoms with Crippen molar-refractivity contribution >= 4 is 28.8 Å². The van der Waals surface area contributed by atoms with Crippen LogP contribution in [-0.2, 0) is 22.6 Å². The Bertz CT molecular complexity index is 592. The molecule has 2 N–H and O–H groups in total. The number of aromatic nitrogens is 2. The van der Waals surface area contributed by atoms with Crippen LogP contribution < -0.4 is 10.6 Å². The third-order valence-electron chi connectivity index (χ3n) is 2.91. The third-order valence-corrected chi connectivity index (χ3v) is 3.84. The first kappa shape index (κ1) is 15.2. The van der Waals surface area contributed by atoms with Crippen LogP contribution in [-0.4, -0.2) is 28.6 Å². The Labute approximate surface area is 127 Å². The Morgan fingerprint density at radius 3 is 2.95 bits per heavy atom. The first-order chi connectivity index (χ1) is 10.2. The highest BCUT2D eigenvalue weighted by Crippen LogP contribution is 2.12. The zero-order valence-corrected chi connectivity index (χ0v) is 12.7. The Hall–Kier alpha value is -2.15. The molecule has 112 valence electrons. The number of thiophene rings is 1. The number of nitrogens with one attached hydrogen (secondary N) is 2. The maximum Gasteiger partial charge on any atom is 0.241 e. The van der Waals surface area contributed by atoms with Crippen molar-refractivity contribution in [3.8, 4) is 0 Å². The SMILES string of the molecule is CNC(=O)Cn1cc(NC(=O)CCCc2cccs2)cn1. The zero-order valence-electron chi connectivity index (χ0n) is 11.8. The minimum absolute atomic E-state index is 0.0361. The monoisotopic (exact) mass is 306 g/mol. The number of carbonyl (C=O) groups excluding carboxylic acids is 2. The van der Waals surface area contributed by atoms with Gasteiger partial charge in [-0.25, -0.2) is 0 Å². The molecular formula is C14H18N4O2S. The van der Waals surface area contributed by atoms with Crippen molar-refractivity contribution in [3.05, 3.63) is 34.8 Å². The number of nitrogens with zero attached hydrogens (tertiary/aromatic N) is 2. The summed E-state index contributed by atoms with van der Waals surface area (Å²) in [7, 11) is 1.57. The van der Waals surface area contributed by atoms with Gasteiger partial charge in [-0.05, 0) is 24.3 Å². The van der Waals surface area contributed by atoms with Gasteiger partial charge in [0.1, 0.15) is 6.54 Å². The van der Waals surface area contributed by atoms with E-state index in [9.17, 15) is 9.59 Å². The fraction of sp³-hybridized carbons (Fsp3) is 0.357. The standard InChI is InChI=1S/C14H18N4O2S/c1-15-14(20)10-18-9-11(8-16-18)17-13(19)6-2-4-12-5-3-7-21-12/h3,5,7-9H,2,4,6,10H2,1H3,(H,15,20)(H,17,19). The van der Waals surface area contributed by atoms with Crippen molar-refractivity contribution in [1.29, 1.82) is 0 Å². The summed E-state index contributed by atoms with van der Waals surface area (Å²) < 4.78 is 1.49. The molecule has 2 rings (SSSR count). The van der Waals surface area contributed by atoms with E-state index in [1.807, 2.05) is 11.4 Å². The minimum atomic E-state index is -0.132. The predicted octanol–water partition coefficient (Wildman–Crippen LogP) is 1.65. The second-order valence-electron chi connectivity index (χ2n) is 4.58. The number of hydrogen-bond donors (Lipinski definition) is 2. The van der Waals surface area contributed by atoms with Crippen molar-refractivity contribution in [3.63, 3.8) is 0 Å². The highest BCUT2D eigenvalue weighted by molar-refractivity contribution is 7.09. The first-order valence-electron chi connectivity index (χ1n) is 6.72. The van der Waals surface area contributed by atoms with E-state index in [2.05, 4.69) is 21.8 Å². The second kappa shape index (κ2) is 7.58. The molecule has 0 aromatic carbocycles. The van der Waals surface area contributed by atoms with Crippen LogP contribution in [0.3, 0.4) is 0 Å². The van der Waals surface area contributed by atoms with E-state index in [0.717, 1.165) is 12.8 Å². The maximum atomic E-state index is 11.8. The first-order valence-corrected chi connectivity index (χ1v) is 7.60. The highest BCUT2D eigenvalue weighted by Gasteiger charge is 2.06. The summed E-state index contributed by atoms with van der Waals surface area (Å²) in [6, 6.07) is 4.09. The van der Waals surface area contributed by atoms with Gasteiger partial charge in [0.05, 0.1) is 11.9 Å². The maximum absolute atomic E-state index is 11.8. The van der Waals surface area contributed by atoms with Crippen LogP contribution in [0.25, 0.3) is 0 Å². The fourth-order valence-electron chi connectivity index (χ4n) is 1.84. The van der Waals surface area contributed by atoms with Crippen molar-refractivity contribution in [2.75, 3.05) is 12.4 Å².